The van der Waals surface area contributed by atoms with E-state index in [2.05, 4.69) is 264 Å². The maximum absolute atomic E-state index is 2.44. The van der Waals surface area contributed by atoms with E-state index in [1.54, 1.807) is 0 Å². The smallest absolute Gasteiger partial charge is 0.0619 e. The standard InChI is InChI=1S/C62H42N2/c1-3-14-46(15-4-1)56-20-11-12-21-57(56)48-29-37-55(38-30-48)63(53-33-25-44(26-34-53)50-24-23-43-13-7-8-17-49(43)41-50)54-35-27-45(28-36-54)51-32-39-59-60-40-31-47-16-9-10-22-58(47)62(60)64(61(59)42-51)52-18-5-2-6-19-52/h1-42H. The van der Waals surface area contributed by atoms with Gasteiger partial charge in [-0.2, -0.15) is 0 Å². The second kappa shape index (κ2) is 15.8. The van der Waals surface area contributed by atoms with Crippen LogP contribution in [0.3, 0.4) is 0 Å². The molecule has 0 fully saturated rings. The van der Waals surface area contributed by atoms with Gasteiger partial charge in [-0.05, 0) is 121 Å². The molecule has 1 heterocycles. The third-order valence-corrected chi connectivity index (χ3v) is 12.8. The largest absolute Gasteiger partial charge is 0.311 e. The van der Waals surface area contributed by atoms with Gasteiger partial charge in [0.25, 0.3) is 0 Å². The molecule has 12 rings (SSSR count). The summed E-state index contributed by atoms with van der Waals surface area (Å²) in [6.45, 7) is 0. The highest BCUT2D eigenvalue weighted by Crippen LogP contribution is 2.41. The molecule has 0 N–H and O–H groups in total. The molecule has 0 saturated heterocycles. The van der Waals surface area contributed by atoms with Crippen LogP contribution in [0.25, 0.3) is 93.5 Å². The molecule has 0 spiro atoms. The molecule has 0 saturated carbocycles. The Bertz CT molecular complexity index is 3620. The van der Waals surface area contributed by atoms with Crippen LogP contribution in [0.15, 0.2) is 255 Å². The molecule has 0 radical (unpaired) electrons. The fourth-order valence-corrected chi connectivity index (χ4v) is 9.62. The molecule has 0 atom stereocenters. The Balaban J connectivity index is 0.947. The van der Waals surface area contributed by atoms with Crippen molar-refractivity contribution in [2.45, 2.75) is 0 Å². The van der Waals surface area contributed by atoms with Crippen LogP contribution < -0.4 is 4.90 Å². The lowest BCUT2D eigenvalue weighted by Crippen LogP contribution is -2.09. The van der Waals surface area contributed by atoms with Crippen molar-refractivity contribution >= 4 is 60.4 Å². The topological polar surface area (TPSA) is 8.17 Å². The van der Waals surface area contributed by atoms with Crippen LogP contribution in [0.4, 0.5) is 17.1 Å². The molecule has 0 amide bonds. The molecule has 0 aliphatic heterocycles. The molecule has 2 heteroatoms. The third kappa shape index (κ3) is 6.61. The summed E-state index contributed by atoms with van der Waals surface area (Å²) in [6, 6.07) is 92.6. The van der Waals surface area contributed by atoms with Gasteiger partial charge >= 0.3 is 0 Å². The Morgan fingerprint density at radius 1 is 0.266 bits per heavy atom. The van der Waals surface area contributed by atoms with Crippen LogP contribution in [-0.2, 0) is 0 Å². The summed E-state index contributed by atoms with van der Waals surface area (Å²) < 4.78 is 2.44. The zero-order valence-corrected chi connectivity index (χ0v) is 35.1. The van der Waals surface area contributed by atoms with E-state index < -0.39 is 0 Å². The van der Waals surface area contributed by atoms with E-state index in [1.807, 2.05) is 0 Å². The number of hydrogen-bond acceptors (Lipinski definition) is 1. The van der Waals surface area contributed by atoms with Crippen LogP contribution >= 0.6 is 0 Å². The molecular formula is C62H42N2. The van der Waals surface area contributed by atoms with Crippen LogP contribution in [0.2, 0.25) is 0 Å². The molecule has 11 aromatic carbocycles. The van der Waals surface area contributed by atoms with Crippen LogP contribution in [-0.4, -0.2) is 4.57 Å². The van der Waals surface area contributed by atoms with Crippen molar-refractivity contribution in [1.29, 1.82) is 0 Å². The first kappa shape index (κ1) is 37.3. The van der Waals surface area contributed by atoms with Crippen molar-refractivity contribution < 1.29 is 0 Å². The highest BCUT2D eigenvalue weighted by Gasteiger charge is 2.18. The predicted molar refractivity (Wildman–Crippen MR) is 272 cm³/mol. The molecule has 2 nitrogen and oxygen atoms in total. The lowest BCUT2D eigenvalue weighted by Gasteiger charge is -2.26. The summed E-state index contributed by atoms with van der Waals surface area (Å²) in [4.78, 5) is 2.36. The summed E-state index contributed by atoms with van der Waals surface area (Å²) in [7, 11) is 0. The molecule has 0 unspecified atom stereocenters. The number of hydrogen-bond donors (Lipinski definition) is 0. The first-order valence-electron chi connectivity index (χ1n) is 22.0. The highest BCUT2D eigenvalue weighted by molar-refractivity contribution is 6.19. The zero-order valence-electron chi connectivity index (χ0n) is 35.1. The Hall–Kier alpha value is -8.46. The van der Waals surface area contributed by atoms with Gasteiger partial charge in [-0.3, -0.25) is 0 Å². The molecule has 0 aliphatic carbocycles. The van der Waals surface area contributed by atoms with E-state index in [-0.39, 0.29) is 0 Å². The lowest BCUT2D eigenvalue weighted by atomic mass is 9.94. The minimum Gasteiger partial charge on any atom is -0.311 e. The maximum atomic E-state index is 2.44. The van der Waals surface area contributed by atoms with Gasteiger partial charge in [-0.15, -0.1) is 0 Å². The number of benzene rings is 11. The van der Waals surface area contributed by atoms with Gasteiger partial charge in [0.1, 0.15) is 0 Å². The fourth-order valence-electron chi connectivity index (χ4n) is 9.62. The zero-order chi connectivity index (χ0) is 42.4. The van der Waals surface area contributed by atoms with Crippen LogP contribution in [0.1, 0.15) is 0 Å². The summed E-state index contributed by atoms with van der Waals surface area (Å²) >= 11 is 0. The van der Waals surface area contributed by atoms with Crippen molar-refractivity contribution in [2.24, 2.45) is 0 Å². The van der Waals surface area contributed by atoms with Gasteiger partial charge in [0.2, 0.25) is 0 Å². The van der Waals surface area contributed by atoms with Gasteiger partial charge in [0.05, 0.1) is 11.0 Å². The molecule has 12 aromatic rings. The normalized spacial score (nSPS) is 11.4. The van der Waals surface area contributed by atoms with E-state index in [9.17, 15) is 0 Å². The van der Waals surface area contributed by atoms with Gasteiger partial charge in [-0.25, -0.2) is 0 Å². The van der Waals surface area contributed by atoms with Gasteiger partial charge < -0.3 is 9.47 Å². The van der Waals surface area contributed by atoms with Gasteiger partial charge in [0, 0.05) is 38.9 Å². The second-order valence-corrected chi connectivity index (χ2v) is 16.5. The first-order valence-corrected chi connectivity index (χ1v) is 22.0. The number of fused-ring (bicyclic) bond motifs is 6. The molecule has 300 valence electrons. The van der Waals surface area contributed by atoms with Gasteiger partial charge in [0.15, 0.2) is 0 Å². The van der Waals surface area contributed by atoms with Crippen molar-refractivity contribution in [3.8, 4) is 50.2 Å². The van der Waals surface area contributed by atoms with E-state index in [0.717, 1.165) is 22.7 Å². The van der Waals surface area contributed by atoms with E-state index in [0.29, 0.717) is 0 Å². The average Bonchev–Trinajstić information content (AvgIpc) is 3.72. The summed E-state index contributed by atoms with van der Waals surface area (Å²) in [5.74, 6) is 0. The van der Waals surface area contributed by atoms with Crippen molar-refractivity contribution in [3.63, 3.8) is 0 Å². The summed E-state index contributed by atoms with van der Waals surface area (Å²) in [6.07, 6.45) is 0. The minimum atomic E-state index is 1.09. The SMILES string of the molecule is c1ccc(-c2ccccc2-c2ccc(N(c3ccc(-c4ccc5ccccc5c4)cc3)c3ccc(-c4ccc5c6ccc7ccccc7c6n(-c6ccccc6)c5c4)cc3)cc2)cc1. The molecule has 1 aromatic heterocycles. The average molecular weight is 815 g/mol. The molecule has 0 bridgehead atoms. The Morgan fingerprint density at radius 3 is 1.38 bits per heavy atom. The van der Waals surface area contributed by atoms with Crippen LogP contribution in [0, 0.1) is 0 Å². The molecular weight excluding hydrogens is 773 g/mol. The first-order chi connectivity index (χ1) is 31.7. The second-order valence-electron chi connectivity index (χ2n) is 16.5. The number of nitrogens with zero attached hydrogens (tertiary/aromatic N) is 2. The number of para-hydroxylation sites is 1. The fraction of sp³-hybridized carbons (Fsp3) is 0. The lowest BCUT2D eigenvalue weighted by molar-refractivity contribution is 1.19. The van der Waals surface area contributed by atoms with E-state index in [1.165, 1.54) is 87.9 Å². The quantitative estimate of drug-likeness (QED) is 0.148. The predicted octanol–water partition coefficient (Wildman–Crippen LogP) is 17.2. The van der Waals surface area contributed by atoms with E-state index >= 15 is 0 Å². The summed E-state index contributed by atoms with van der Waals surface area (Å²) in [5.41, 5.74) is 16.4. The maximum Gasteiger partial charge on any atom is 0.0619 e. The molecule has 64 heavy (non-hydrogen) atoms. The van der Waals surface area contributed by atoms with Crippen LogP contribution in [0.5, 0.6) is 0 Å². The number of aromatic nitrogens is 1. The minimum absolute atomic E-state index is 1.09. The summed E-state index contributed by atoms with van der Waals surface area (Å²) in [5, 5.41) is 7.50. The highest BCUT2D eigenvalue weighted by atomic mass is 15.1. The third-order valence-electron chi connectivity index (χ3n) is 12.8. The number of anilines is 3. The molecule has 0 aliphatic rings. The monoisotopic (exact) mass is 814 g/mol. The Kier molecular flexibility index (Phi) is 9.20. The Morgan fingerprint density at radius 2 is 0.719 bits per heavy atom. The van der Waals surface area contributed by atoms with Crippen molar-refractivity contribution in [3.05, 3.63) is 255 Å². The number of rotatable bonds is 8. The van der Waals surface area contributed by atoms with Crippen molar-refractivity contribution in [1.82, 2.24) is 4.57 Å². The van der Waals surface area contributed by atoms with Crippen molar-refractivity contribution in [2.75, 3.05) is 4.90 Å². The van der Waals surface area contributed by atoms with Gasteiger partial charge in [-0.1, -0.05) is 194 Å². The Labute approximate surface area is 373 Å². The van der Waals surface area contributed by atoms with E-state index in [4.69, 9.17) is 0 Å².